The first-order chi connectivity index (χ1) is 10.7. The van der Waals surface area contributed by atoms with E-state index in [0.717, 1.165) is 12.3 Å². The second-order valence-corrected chi connectivity index (χ2v) is 8.00. The molecule has 5 heteroatoms. The van der Waals surface area contributed by atoms with Gasteiger partial charge in [0, 0.05) is 6.07 Å². The van der Waals surface area contributed by atoms with E-state index in [-0.39, 0.29) is 16.7 Å². The van der Waals surface area contributed by atoms with E-state index in [9.17, 15) is 9.18 Å². The summed E-state index contributed by atoms with van der Waals surface area (Å²) in [6.45, 7) is 5.20. The highest BCUT2D eigenvalue weighted by Crippen LogP contribution is 2.46. The summed E-state index contributed by atoms with van der Waals surface area (Å²) in [5.74, 6) is 0.207. The van der Waals surface area contributed by atoms with E-state index in [1.54, 1.807) is 20.8 Å². The summed E-state index contributed by atoms with van der Waals surface area (Å²) in [7, 11) is 0. The molecule has 0 amide bonds. The maximum Gasteiger partial charge on any atom is 0.341 e. The minimum absolute atomic E-state index is 0.109. The van der Waals surface area contributed by atoms with E-state index in [4.69, 9.17) is 21.1 Å². The number of fused-ring (bicyclic) bond motifs is 2. The van der Waals surface area contributed by atoms with Gasteiger partial charge in [-0.15, -0.1) is 0 Å². The fraction of sp³-hybridized carbons (Fsp3) is 0.611. The first kappa shape index (κ1) is 16.6. The van der Waals surface area contributed by atoms with Crippen molar-refractivity contribution in [2.75, 3.05) is 0 Å². The predicted octanol–water partition coefficient (Wildman–Crippen LogP) is 5.00. The minimum Gasteiger partial charge on any atom is -0.488 e. The highest BCUT2D eigenvalue weighted by atomic mass is 35.5. The molecule has 126 valence electrons. The Morgan fingerprint density at radius 2 is 2.00 bits per heavy atom. The number of hydrogen-bond donors (Lipinski definition) is 0. The lowest BCUT2D eigenvalue weighted by atomic mass is 9.98. The number of carbonyl (C=O) groups excluding carboxylic acids is 1. The van der Waals surface area contributed by atoms with Gasteiger partial charge in [0.1, 0.15) is 23.3 Å². The third-order valence-electron chi connectivity index (χ3n) is 4.59. The van der Waals surface area contributed by atoms with Gasteiger partial charge in [0.2, 0.25) is 0 Å². The third-order valence-corrected chi connectivity index (χ3v) is 4.89. The van der Waals surface area contributed by atoms with Crippen molar-refractivity contribution < 1.29 is 18.7 Å². The van der Waals surface area contributed by atoms with Crippen molar-refractivity contribution in [3.63, 3.8) is 0 Å². The van der Waals surface area contributed by atoms with Crippen molar-refractivity contribution in [3.05, 3.63) is 28.5 Å². The van der Waals surface area contributed by atoms with Gasteiger partial charge in [-0.3, -0.25) is 0 Å². The first-order valence-electron chi connectivity index (χ1n) is 8.12. The molecule has 2 fully saturated rings. The lowest BCUT2D eigenvalue weighted by Gasteiger charge is -2.24. The van der Waals surface area contributed by atoms with Crippen LogP contribution in [0.2, 0.25) is 5.02 Å². The van der Waals surface area contributed by atoms with Gasteiger partial charge in [0.05, 0.1) is 10.6 Å². The quantitative estimate of drug-likeness (QED) is 0.726. The molecule has 1 aromatic rings. The van der Waals surface area contributed by atoms with Crippen LogP contribution in [0.5, 0.6) is 5.75 Å². The Balaban J connectivity index is 1.76. The van der Waals surface area contributed by atoms with Gasteiger partial charge in [-0.25, -0.2) is 9.18 Å². The zero-order valence-corrected chi connectivity index (χ0v) is 14.5. The average molecular weight is 341 g/mol. The number of hydrogen-bond acceptors (Lipinski definition) is 3. The van der Waals surface area contributed by atoms with Gasteiger partial charge in [0.25, 0.3) is 0 Å². The number of esters is 1. The molecule has 0 N–H and O–H groups in total. The molecular formula is C18H22ClFO3. The molecule has 3 rings (SSSR count). The van der Waals surface area contributed by atoms with E-state index in [0.29, 0.717) is 11.7 Å². The zero-order chi connectivity index (χ0) is 16.8. The average Bonchev–Trinajstić information content (AvgIpc) is 3.02. The lowest BCUT2D eigenvalue weighted by molar-refractivity contribution is 0.00646. The molecule has 2 saturated carbocycles. The van der Waals surface area contributed by atoms with Crippen LogP contribution in [0.1, 0.15) is 56.8 Å². The van der Waals surface area contributed by atoms with E-state index in [2.05, 4.69) is 0 Å². The van der Waals surface area contributed by atoms with Crippen molar-refractivity contribution in [1.82, 2.24) is 0 Å². The monoisotopic (exact) mass is 340 g/mol. The van der Waals surface area contributed by atoms with Gasteiger partial charge in [-0.1, -0.05) is 11.6 Å². The van der Waals surface area contributed by atoms with E-state index < -0.39 is 17.4 Å². The summed E-state index contributed by atoms with van der Waals surface area (Å²) in [5, 5.41) is 0.245. The van der Waals surface area contributed by atoms with Gasteiger partial charge in [-0.05, 0) is 64.4 Å². The molecule has 0 aliphatic heterocycles. The Bertz CT molecular complexity index is 623. The second-order valence-electron chi connectivity index (χ2n) is 7.60. The smallest absolute Gasteiger partial charge is 0.341 e. The molecule has 2 bridgehead atoms. The minimum atomic E-state index is -0.719. The number of halogens is 2. The number of carbonyl (C=O) groups is 1. The topological polar surface area (TPSA) is 35.5 Å². The van der Waals surface area contributed by atoms with Crippen LogP contribution in [0, 0.1) is 17.7 Å². The molecule has 3 unspecified atom stereocenters. The Labute approximate surface area is 141 Å². The summed E-state index contributed by atoms with van der Waals surface area (Å²) in [6, 6.07) is 2.50. The first-order valence-corrected chi connectivity index (χ1v) is 8.50. The van der Waals surface area contributed by atoms with Crippen LogP contribution in [-0.2, 0) is 4.74 Å². The van der Waals surface area contributed by atoms with Crippen molar-refractivity contribution >= 4 is 17.6 Å². The van der Waals surface area contributed by atoms with Crippen LogP contribution in [0.15, 0.2) is 12.1 Å². The highest BCUT2D eigenvalue weighted by Gasteiger charge is 2.41. The molecule has 0 saturated heterocycles. The van der Waals surface area contributed by atoms with Crippen LogP contribution in [0.25, 0.3) is 0 Å². The fourth-order valence-electron chi connectivity index (χ4n) is 3.60. The van der Waals surface area contributed by atoms with E-state index in [1.165, 1.54) is 31.4 Å². The lowest BCUT2D eigenvalue weighted by Crippen LogP contribution is -2.25. The van der Waals surface area contributed by atoms with Gasteiger partial charge in [0.15, 0.2) is 0 Å². The number of rotatable bonds is 3. The molecule has 3 atom stereocenters. The number of benzene rings is 1. The van der Waals surface area contributed by atoms with Crippen molar-refractivity contribution in [1.29, 1.82) is 0 Å². The molecular weight excluding hydrogens is 319 g/mol. The predicted molar refractivity (Wildman–Crippen MR) is 86.4 cm³/mol. The van der Waals surface area contributed by atoms with Crippen LogP contribution in [-0.4, -0.2) is 17.7 Å². The second kappa shape index (κ2) is 5.97. The SMILES string of the molecule is CC(C)(C)OC(=O)c1cc(Cl)c(OC2CC3CCC2C3)cc1F. The maximum atomic E-state index is 14.3. The van der Waals surface area contributed by atoms with Gasteiger partial charge >= 0.3 is 5.97 Å². The molecule has 0 spiro atoms. The summed E-state index contributed by atoms with van der Waals surface area (Å²) in [4.78, 5) is 12.0. The van der Waals surface area contributed by atoms with Gasteiger partial charge in [-0.2, -0.15) is 0 Å². The summed E-state index contributed by atoms with van der Waals surface area (Å²) < 4.78 is 25.4. The largest absolute Gasteiger partial charge is 0.488 e. The molecule has 0 aromatic heterocycles. The molecule has 23 heavy (non-hydrogen) atoms. The zero-order valence-electron chi connectivity index (χ0n) is 13.7. The molecule has 3 nitrogen and oxygen atoms in total. The van der Waals surface area contributed by atoms with Crippen LogP contribution < -0.4 is 4.74 Å². The summed E-state index contributed by atoms with van der Waals surface area (Å²) >= 11 is 6.20. The Kier molecular flexibility index (Phi) is 4.30. The normalized spacial score (nSPS) is 26.4. The van der Waals surface area contributed by atoms with Crippen LogP contribution in [0.3, 0.4) is 0 Å². The highest BCUT2D eigenvalue weighted by molar-refractivity contribution is 6.32. The number of ether oxygens (including phenoxy) is 2. The third kappa shape index (κ3) is 3.63. The van der Waals surface area contributed by atoms with Gasteiger partial charge < -0.3 is 9.47 Å². The molecule has 0 heterocycles. The van der Waals surface area contributed by atoms with E-state index in [1.807, 2.05) is 0 Å². The molecule has 2 aliphatic rings. The summed E-state index contributed by atoms with van der Waals surface area (Å²) in [5.41, 5.74) is -0.848. The fourth-order valence-corrected chi connectivity index (χ4v) is 3.81. The Morgan fingerprint density at radius 1 is 1.26 bits per heavy atom. The standard InChI is InChI=1S/C18H22ClFO3/c1-18(2,3)23-17(21)12-8-13(19)16(9-14(12)20)22-15-7-10-4-5-11(15)6-10/h8-11,15H,4-7H2,1-3H3. The summed E-state index contributed by atoms with van der Waals surface area (Å²) in [6.07, 6.45) is 4.75. The Hall–Kier alpha value is -1.29. The molecule has 1 aromatic carbocycles. The van der Waals surface area contributed by atoms with E-state index >= 15 is 0 Å². The van der Waals surface area contributed by atoms with Crippen molar-refractivity contribution in [2.24, 2.45) is 11.8 Å². The molecule has 2 aliphatic carbocycles. The van der Waals surface area contributed by atoms with Crippen LogP contribution >= 0.6 is 11.6 Å². The van der Waals surface area contributed by atoms with Crippen molar-refractivity contribution in [3.8, 4) is 5.75 Å². The van der Waals surface area contributed by atoms with Crippen molar-refractivity contribution in [2.45, 2.75) is 58.2 Å². The molecule has 0 radical (unpaired) electrons. The van der Waals surface area contributed by atoms with Crippen LogP contribution in [0.4, 0.5) is 4.39 Å². The Morgan fingerprint density at radius 3 is 2.57 bits per heavy atom. The maximum absolute atomic E-state index is 14.3.